The van der Waals surface area contributed by atoms with Crippen LogP contribution >= 0.6 is 11.8 Å². The molecule has 0 aromatic carbocycles. The number of amides is 1. The molecular formula is C25H46N2O4S. The van der Waals surface area contributed by atoms with Crippen LogP contribution in [0.3, 0.4) is 0 Å². The summed E-state index contributed by atoms with van der Waals surface area (Å²) in [5.74, 6) is 0.555. The van der Waals surface area contributed by atoms with Crippen molar-refractivity contribution in [3.63, 3.8) is 0 Å². The molecule has 6 nitrogen and oxygen atoms in total. The fourth-order valence-electron chi connectivity index (χ4n) is 3.24. The Hall–Kier alpha value is -1.34. The average Bonchev–Trinajstić information content (AvgIpc) is 2.79. The van der Waals surface area contributed by atoms with E-state index in [0.717, 1.165) is 44.5 Å². The van der Waals surface area contributed by atoms with Crippen LogP contribution in [0.2, 0.25) is 0 Å². The first kappa shape index (κ1) is 30.7. The molecule has 0 radical (unpaired) electrons. The van der Waals surface area contributed by atoms with Crippen LogP contribution in [0.5, 0.6) is 0 Å². The maximum Gasteiger partial charge on any atom is 0.306 e. The van der Waals surface area contributed by atoms with Gasteiger partial charge in [0.1, 0.15) is 12.9 Å². The third kappa shape index (κ3) is 18.3. The summed E-state index contributed by atoms with van der Waals surface area (Å²) in [7, 11) is 0. The number of carbonyl (C=O) groups is 3. The minimum atomic E-state index is -0.229. The highest BCUT2D eigenvalue weighted by atomic mass is 32.2. The second kappa shape index (κ2) is 22.8. The second-order valence-corrected chi connectivity index (χ2v) is 8.94. The Bertz CT molecular complexity index is 510. The van der Waals surface area contributed by atoms with E-state index in [4.69, 9.17) is 4.74 Å². The second-order valence-electron chi connectivity index (χ2n) is 7.90. The first-order valence-corrected chi connectivity index (χ1v) is 13.5. The van der Waals surface area contributed by atoms with Gasteiger partial charge >= 0.3 is 5.97 Å². The van der Waals surface area contributed by atoms with Crippen molar-refractivity contribution in [2.75, 3.05) is 45.1 Å². The average molecular weight is 471 g/mol. The summed E-state index contributed by atoms with van der Waals surface area (Å²) < 4.78 is 5.25. The first-order chi connectivity index (χ1) is 15.6. The zero-order valence-corrected chi connectivity index (χ0v) is 21.5. The maximum absolute atomic E-state index is 12.6. The van der Waals surface area contributed by atoms with Gasteiger partial charge in [0, 0.05) is 31.7 Å². The normalized spacial score (nSPS) is 11.2. The number of hydrogen-bond acceptors (Lipinski definition) is 6. The number of unbranched alkanes of at least 4 members (excludes halogenated alkanes) is 5. The van der Waals surface area contributed by atoms with Gasteiger partial charge in [0.2, 0.25) is 0 Å². The molecule has 186 valence electrons. The van der Waals surface area contributed by atoms with E-state index in [2.05, 4.69) is 31.7 Å². The van der Waals surface area contributed by atoms with Crippen molar-refractivity contribution in [1.82, 2.24) is 9.80 Å². The van der Waals surface area contributed by atoms with Gasteiger partial charge in [-0.05, 0) is 51.7 Å². The van der Waals surface area contributed by atoms with Crippen LogP contribution in [-0.4, -0.2) is 72.4 Å². The topological polar surface area (TPSA) is 66.9 Å². The van der Waals surface area contributed by atoms with E-state index in [1.54, 1.807) is 4.90 Å². The maximum atomic E-state index is 12.6. The monoisotopic (exact) mass is 470 g/mol. The van der Waals surface area contributed by atoms with E-state index in [-0.39, 0.29) is 11.2 Å². The van der Waals surface area contributed by atoms with Gasteiger partial charge in [-0.3, -0.25) is 9.59 Å². The van der Waals surface area contributed by atoms with E-state index < -0.39 is 0 Å². The number of rotatable bonds is 21. The fraction of sp³-hybridized carbons (Fsp3) is 0.800. The van der Waals surface area contributed by atoms with Crippen LogP contribution in [0.4, 0.5) is 4.79 Å². The van der Waals surface area contributed by atoms with Crippen molar-refractivity contribution in [3.8, 4) is 0 Å². The smallest absolute Gasteiger partial charge is 0.306 e. The molecule has 0 atom stereocenters. The van der Waals surface area contributed by atoms with E-state index in [0.29, 0.717) is 45.4 Å². The van der Waals surface area contributed by atoms with Crippen molar-refractivity contribution < 1.29 is 19.1 Å². The van der Waals surface area contributed by atoms with Crippen LogP contribution < -0.4 is 0 Å². The van der Waals surface area contributed by atoms with Gasteiger partial charge in [0.05, 0.1) is 0 Å². The Morgan fingerprint density at radius 3 is 2.28 bits per heavy atom. The van der Waals surface area contributed by atoms with Crippen LogP contribution in [0.15, 0.2) is 12.2 Å². The molecule has 0 bridgehead atoms. The highest BCUT2D eigenvalue weighted by Gasteiger charge is 2.14. The molecule has 0 N–H and O–H groups in total. The minimum absolute atomic E-state index is 0.0369. The molecule has 1 amide bonds. The number of hydrogen-bond donors (Lipinski definition) is 0. The van der Waals surface area contributed by atoms with Gasteiger partial charge in [0.25, 0.3) is 5.24 Å². The third-order valence-electron chi connectivity index (χ3n) is 5.29. The predicted molar refractivity (Wildman–Crippen MR) is 135 cm³/mol. The number of esters is 1. The summed E-state index contributed by atoms with van der Waals surface area (Å²) in [4.78, 5) is 39.3. The van der Waals surface area contributed by atoms with Crippen LogP contribution in [0, 0.1) is 0 Å². The summed E-state index contributed by atoms with van der Waals surface area (Å²) in [6, 6.07) is 0. The molecule has 0 aliphatic carbocycles. The van der Waals surface area contributed by atoms with E-state index in [1.165, 1.54) is 37.4 Å². The fourth-order valence-corrected chi connectivity index (χ4v) is 4.05. The number of thioether (sulfide) groups is 1. The van der Waals surface area contributed by atoms with Gasteiger partial charge in [-0.25, -0.2) is 0 Å². The van der Waals surface area contributed by atoms with Gasteiger partial charge in [-0.1, -0.05) is 63.9 Å². The molecule has 0 saturated carbocycles. The molecule has 0 unspecified atom stereocenters. The zero-order valence-electron chi connectivity index (χ0n) is 20.7. The molecule has 0 fully saturated rings. The highest BCUT2D eigenvalue weighted by Crippen LogP contribution is 2.13. The quantitative estimate of drug-likeness (QED) is 0.0927. The first-order valence-electron chi connectivity index (χ1n) is 12.5. The number of ether oxygens (including phenoxy) is 1. The molecule has 0 aliphatic heterocycles. The largest absolute Gasteiger partial charge is 0.461 e. The molecule has 7 heteroatoms. The van der Waals surface area contributed by atoms with Crippen molar-refractivity contribution in [2.45, 2.75) is 85.0 Å². The van der Waals surface area contributed by atoms with Gasteiger partial charge in [0.15, 0.2) is 0 Å². The summed E-state index contributed by atoms with van der Waals surface area (Å²) in [6.07, 6.45) is 13.8. The number of carbonyl (C=O) groups excluding carboxylic acids is 3. The minimum Gasteiger partial charge on any atom is -0.461 e. The lowest BCUT2D eigenvalue weighted by Gasteiger charge is -2.22. The molecule has 0 spiro atoms. The van der Waals surface area contributed by atoms with Gasteiger partial charge in [-0.2, -0.15) is 0 Å². The summed E-state index contributed by atoms with van der Waals surface area (Å²) >= 11 is 1.34. The zero-order chi connectivity index (χ0) is 23.9. The lowest BCUT2D eigenvalue weighted by molar-refractivity contribution is -0.142. The Labute approximate surface area is 200 Å². The third-order valence-corrected chi connectivity index (χ3v) is 6.29. The predicted octanol–water partition coefficient (Wildman–Crippen LogP) is 5.70. The Kier molecular flexibility index (Phi) is 21.9. The van der Waals surface area contributed by atoms with Gasteiger partial charge in [-0.15, -0.1) is 0 Å². The summed E-state index contributed by atoms with van der Waals surface area (Å²) in [6.45, 7) is 10.9. The van der Waals surface area contributed by atoms with Crippen LogP contribution in [0.1, 0.15) is 85.0 Å². The molecule has 0 heterocycles. The van der Waals surface area contributed by atoms with Crippen LogP contribution in [-0.2, 0) is 14.3 Å². The number of aldehydes is 1. The van der Waals surface area contributed by atoms with Crippen molar-refractivity contribution in [1.29, 1.82) is 0 Å². The Balaban J connectivity index is 4.15. The molecule has 0 aromatic rings. The standard InChI is InChI=1S/C25H46N2O4S/c1-4-7-8-9-10-11-14-22-31-24(29)17-15-20-27(19-12-13-21-28)25(30)32-23-16-18-26(5-2)6-3/h11,14,21H,4-10,12-13,15-20,22-23H2,1-3H3/b14-11-. The molecule has 0 aliphatic rings. The van der Waals surface area contributed by atoms with E-state index in [9.17, 15) is 14.4 Å². The molecule has 0 aromatic heterocycles. The van der Waals surface area contributed by atoms with Crippen molar-refractivity contribution in [3.05, 3.63) is 12.2 Å². The Morgan fingerprint density at radius 1 is 0.844 bits per heavy atom. The van der Waals surface area contributed by atoms with Crippen LogP contribution in [0.25, 0.3) is 0 Å². The SMILES string of the molecule is CCCCCC/C=C\COC(=O)CCCN(CCCC=O)C(=O)SCCCN(CC)CC. The molecular weight excluding hydrogens is 424 g/mol. The lowest BCUT2D eigenvalue weighted by Crippen LogP contribution is -2.31. The number of allylic oxidation sites excluding steroid dienone is 1. The molecule has 32 heavy (non-hydrogen) atoms. The van der Waals surface area contributed by atoms with Crippen molar-refractivity contribution in [2.24, 2.45) is 0 Å². The summed E-state index contributed by atoms with van der Waals surface area (Å²) in [5.41, 5.74) is 0. The van der Waals surface area contributed by atoms with E-state index in [1.807, 2.05) is 6.08 Å². The summed E-state index contributed by atoms with van der Waals surface area (Å²) in [5, 5.41) is 0.0369. The number of nitrogens with zero attached hydrogens (tertiary/aromatic N) is 2. The Morgan fingerprint density at radius 2 is 1.59 bits per heavy atom. The molecule has 0 saturated heterocycles. The van der Waals surface area contributed by atoms with E-state index >= 15 is 0 Å². The van der Waals surface area contributed by atoms with Gasteiger partial charge < -0.3 is 19.3 Å². The highest BCUT2D eigenvalue weighted by molar-refractivity contribution is 8.13. The lowest BCUT2D eigenvalue weighted by atomic mass is 10.1. The molecule has 0 rings (SSSR count). The van der Waals surface area contributed by atoms with Crippen molar-refractivity contribution >= 4 is 29.3 Å².